The van der Waals surface area contributed by atoms with Gasteiger partial charge in [0.2, 0.25) is 0 Å². The van der Waals surface area contributed by atoms with Crippen LogP contribution in [0.1, 0.15) is 19.4 Å². The second-order valence-corrected chi connectivity index (χ2v) is 4.81. The molecule has 0 saturated carbocycles. The zero-order chi connectivity index (χ0) is 14.7. The van der Waals surface area contributed by atoms with Gasteiger partial charge in [0.1, 0.15) is 11.9 Å². The van der Waals surface area contributed by atoms with E-state index in [4.69, 9.17) is 4.74 Å². The molecular formula is C15H16N2O3. The molecule has 0 bridgehead atoms. The number of rotatable bonds is 4. The number of pyridine rings is 1. The number of benzene rings is 1. The van der Waals surface area contributed by atoms with Crippen LogP contribution in [0.15, 0.2) is 36.5 Å². The molecule has 0 N–H and O–H groups in total. The molecule has 5 heteroatoms. The maximum Gasteiger partial charge on any atom is 0.287 e. The molecule has 0 aliphatic rings. The fourth-order valence-corrected chi connectivity index (χ4v) is 1.95. The molecule has 0 aliphatic carbocycles. The molecule has 2 rings (SSSR count). The first-order chi connectivity index (χ1) is 9.47. The highest BCUT2D eigenvalue weighted by Crippen LogP contribution is 2.27. The summed E-state index contributed by atoms with van der Waals surface area (Å²) in [5.41, 5.74) is 2.38. The third-order valence-electron chi connectivity index (χ3n) is 2.75. The monoisotopic (exact) mass is 272 g/mol. The summed E-state index contributed by atoms with van der Waals surface area (Å²) >= 11 is 0. The highest BCUT2D eigenvalue weighted by molar-refractivity contribution is 5.65. The fourth-order valence-electron chi connectivity index (χ4n) is 1.95. The summed E-state index contributed by atoms with van der Waals surface area (Å²) in [6.07, 6.45) is 1.37. The van der Waals surface area contributed by atoms with E-state index in [9.17, 15) is 10.1 Å². The number of aromatic nitrogens is 1. The SMILES string of the molecule is Cc1cc([N+](=O)[O-])cnc1-c1cccc(OC(C)C)c1. The molecule has 0 spiro atoms. The third kappa shape index (κ3) is 3.12. The van der Waals surface area contributed by atoms with Gasteiger partial charge in [-0.2, -0.15) is 0 Å². The minimum atomic E-state index is -0.442. The lowest BCUT2D eigenvalue weighted by Crippen LogP contribution is -2.05. The lowest BCUT2D eigenvalue weighted by molar-refractivity contribution is -0.385. The molecule has 1 aromatic carbocycles. The van der Waals surface area contributed by atoms with Gasteiger partial charge in [0, 0.05) is 11.6 Å². The van der Waals surface area contributed by atoms with Crippen molar-refractivity contribution in [1.82, 2.24) is 4.98 Å². The Morgan fingerprint density at radius 2 is 2.05 bits per heavy atom. The molecule has 0 radical (unpaired) electrons. The number of ether oxygens (including phenoxy) is 1. The molecule has 0 amide bonds. The van der Waals surface area contributed by atoms with Crippen LogP contribution in [0.25, 0.3) is 11.3 Å². The van der Waals surface area contributed by atoms with Crippen LogP contribution in [0.3, 0.4) is 0 Å². The summed E-state index contributed by atoms with van der Waals surface area (Å²) in [6, 6.07) is 9.09. The Kier molecular flexibility index (Phi) is 3.98. The minimum absolute atomic E-state index is 0.000773. The van der Waals surface area contributed by atoms with Gasteiger partial charge in [-0.05, 0) is 38.5 Å². The first-order valence-corrected chi connectivity index (χ1v) is 6.35. The van der Waals surface area contributed by atoms with Crippen molar-refractivity contribution in [3.63, 3.8) is 0 Å². The predicted octanol–water partition coefficient (Wildman–Crippen LogP) is 3.75. The van der Waals surface area contributed by atoms with Gasteiger partial charge >= 0.3 is 0 Å². The molecule has 0 aliphatic heterocycles. The van der Waals surface area contributed by atoms with Crippen molar-refractivity contribution in [2.45, 2.75) is 26.9 Å². The fraction of sp³-hybridized carbons (Fsp3) is 0.267. The molecule has 2 aromatic rings. The van der Waals surface area contributed by atoms with Gasteiger partial charge in [0.15, 0.2) is 0 Å². The van der Waals surface area contributed by atoms with Crippen molar-refractivity contribution in [1.29, 1.82) is 0 Å². The van der Waals surface area contributed by atoms with Crippen molar-refractivity contribution >= 4 is 5.69 Å². The van der Waals surface area contributed by atoms with Crippen molar-refractivity contribution in [2.75, 3.05) is 0 Å². The Labute approximate surface area is 117 Å². The van der Waals surface area contributed by atoms with Gasteiger partial charge in [0.05, 0.1) is 16.7 Å². The van der Waals surface area contributed by atoms with Crippen LogP contribution >= 0.6 is 0 Å². The lowest BCUT2D eigenvalue weighted by Gasteiger charge is -2.11. The van der Waals surface area contributed by atoms with Crippen LogP contribution in [0, 0.1) is 17.0 Å². The van der Waals surface area contributed by atoms with E-state index in [1.54, 1.807) is 0 Å². The van der Waals surface area contributed by atoms with Gasteiger partial charge < -0.3 is 4.74 Å². The zero-order valence-electron chi connectivity index (χ0n) is 11.7. The molecule has 0 fully saturated rings. The zero-order valence-corrected chi connectivity index (χ0v) is 11.7. The van der Waals surface area contributed by atoms with Crippen LogP contribution in [0.5, 0.6) is 5.75 Å². The normalized spacial score (nSPS) is 10.6. The number of nitrogens with zero attached hydrogens (tertiary/aromatic N) is 2. The lowest BCUT2D eigenvalue weighted by atomic mass is 10.1. The quantitative estimate of drug-likeness (QED) is 0.628. The van der Waals surface area contributed by atoms with Gasteiger partial charge in [-0.15, -0.1) is 0 Å². The van der Waals surface area contributed by atoms with E-state index >= 15 is 0 Å². The Balaban J connectivity index is 2.38. The summed E-state index contributed by atoms with van der Waals surface area (Å²) in [7, 11) is 0. The summed E-state index contributed by atoms with van der Waals surface area (Å²) in [4.78, 5) is 14.5. The Hall–Kier alpha value is -2.43. The first kappa shape index (κ1) is 14.0. The average molecular weight is 272 g/mol. The molecule has 104 valence electrons. The molecule has 5 nitrogen and oxygen atoms in total. The second kappa shape index (κ2) is 5.69. The second-order valence-electron chi connectivity index (χ2n) is 4.81. The summed E-state index contributed by atoms with van der Waals surface area (Å²) < 4.78 is 5.64. The number of hydrogen-bond donors (Lipinski definition) is 0. The molecule has 0 atom stereocenters. The van der Waals surface area contributed by atoms with Crippen LogP contribution in [0.2, 0.25) is 0 Å². The summed E-state index contributed by atoms with van der Waals surface area (Å²) in [6.45, 7) is 5.73. The van der Waals surface area contributed by atoms with Gasteiger partial charge in [0.25, 0.3) is 5.69 Å². The van der Waals surface area contributed by atoms with Crippen molar-refractivity contribution in [2.24, 2.45) is 0 Å². The highest BCUT2D eigenvalue weighted by atomic mass is 16.6. The van der Waals surface area contributed by atoms with E-state index in [0.717, 1.165) is 22.6 Å². The van der Waals surface area contributed by atoms with Crippen LogP contribution < -0.4 is 4.74 Å². The molecule has 20 heavy (non-hydrogen) atoms. The molecule has 1 heterocycles. The topological polar surface area (TPSA) is 65.3 Å². The minimum Gasteiger partial charge on any atom is -0.491 e. The van der Waals surface area contributed by atoms with Gasteiger partial charge in [-0.25, -0.2) is 4.98 Å². The van der Waals surface area contributed by atoms with Crippen molar-refractivity contribution < 1.29 is 9.66 Å². The Morgan fingerprint density at radius 1 is 1.30 bits per heavy atom. The number of nitro groups is 1. The van der Waals surface area contributed by atoms with Crippen molar-refractivity contribution in [3.8, 4) is 17.0 Å². The standard InChI is InChI=1S/C15H16N2O3/c1-10(2)20-14-6-4-5-12(8-14)15-11(3)7-13(9-16-15)17(18)19/h4-10H,1-3H3. The Morgan fingerprint density at radius 3 is 2.65 bits per heavy atom. The molecular weight excluding hydrogens is 256 g/mol. The smallest absolute Gasteiger partial charge is 0.287 e. The number of hydrogen-bond acceptors (Lipinski definition) is 4. The van der Waals surface area contributed by atoms with Crippen LogP contribution in [-0.4, -0.2) is 16.0 Å². The van der Waals surface area contributed by atoms with Crippen LogP contribution in [-0.2, 0) is 0 Å². The molecule has 0 saturated heterocycles. The predicted molar refractivity (Wildman–Crippen MR) is 76.8 cm³/mol. The van der Waals surface area contributed by atoms with E-state index in [2.05, 4.69) is 4.98 Å². The molecule has 0 unspecified atom stereocenters. The van der Waals surface area contributed by atoms with Gasteiger partial charge in [-0.3, -0.25) is 10.1 Å². The maximum absolute atomic E-state index is 10.7. The van der Waals surface area contributed by atoms with Crippen LogP contribution in [0.4, 0.5) is 5.69 Å². The third-order valence-corrected chi connectivity index (χ3v) is 2.75. The Bertz CT molecular complexity index is 639. The van der Waals surface area contributed by atoms with E-state index in [1.165, 1.54) is 12.3 Å². The maximum atomic E-state index is 10.7. The van der Waals surface area contributed by atoms with E-state index in [1.807, 2.05) is 45.0 Å². The molecule has 1 aromatic heterocycles. The first-order valence-electron chi connectivity index (χ1n) is 6.35. The highest BCUT2D eigenvalue weighted by Gasteiger charge is 2.11. The summed E-state index contributed by atoms with van der Waals surface area (Å²) in [5.74, 6) is 0.761. The van der Waals surface area contributed by atoms with E-state index < -0.39 is 4.92 Å². The van der Waals surface area contributed by atoms with E-state index in [0.29, 0.717) is 0 Å². The van der Waals surface area contributed by atoms with Gasteiger partial charge in [-0.1, -0.05) is 12.1 Å². The summed E-state index contributed by atoms with van der Waals surface area (Å²) in [5, 5.41) is 10.7. The van der Waals surface area contributed by atoms with Crippen molar-refractivity contribution in [3.05, 3.63) is 52.2 Å². The largest absolute Gasteiger partial charge is 0.491 e. The number of aryl methyl sites for hydroxylation is 1. The van der Waals surface area contributed by atoms with E-state index in [-0.39, 0.29) is 11.8 Å². The average Bonchev–Trinajstić information content (AvgIpc) is 2.38.